The molecule has 196 valence electrons. The summed E-state index contributed by atoms with van der Waals surface area (Å²) in [5.74, 6) is 5.24. The molecule has 0 aromatic carbocycles. The van der Waals surface area contributed by atoms with E-state index in [9.17, 15) is 0 Å². The molecule has 8 unspecified atom stereocenters. The molecule has 0 N–H and O–H groups in total. The fourth-order valence-electron chi connectivity index (χ4n) is 9.25. The van der Waals surface area contributed by atoms with Crippen molar-refractivity contribution < 1.29 is 0 Å². The molecule has 4 aliphatic rings. The second-order valence-corrected chi connectivity index (χ2v) is 17.7. The maximum absolute atomic E-state index is 2.71. The van der Waals surface area contributed by atoms with Gasteiger partial charge in [0.1, 0.15) is 0 Å². The van der Waals surface area contributed by atoms with Gasteiger partial charge in [0, 0.05) is 0 Å². The third-order valence-corrected chi connectivity index (χ3v) is 17.7. The summed E-state index contributed by atoms with van der Waals surface area (Å²) >= 11 is 0. The smallest absolute Gasteiger partial charge is 0.0610 e. The molecule has 0 spiro atoms. The van der Waals surface area contributed by atoms with E-state index in [4.69, 9.17) is 0 Å². The Hall–Kier alpha value is -0.823. The van der Waals surface area contributed by atoms with E-state index < -0.39 is 8.07 Å². The van der Waals surface area contributed by atoms with Gasteiger partial charge in [0.2, 0.25) is 0 Å². The van der Waals surface area contributed by atoms with Crippen LogP contribution in [0.1, 0.15) is 105 Å². The van der Waals surface area contributed by atoms with E-state index in [0.29, 0.717) is 0 Å². The third kappa shape index (κ3) is 5.71. The topological polar surface area (TPSA) is 0 Å². The fraction of sp³-hybridized carbons (Fsp3) is 0.765. The van der Waals surface area contributed by atoms with Crippen molar-refractivity contribution in [2.45, 2.75) is 128 Å². The van der Waals surface area contributed by atoms with Gasteiger partial charge in [0.05, 0.1) is 8.07 Å². The first kappa shape index (κ1) is 27.2. The lowest BCUT2D eigenvalue weighted by Gasteiger charge is -2.48. The second-order valence-electron chi connectivity index (χ2n) is 12.8. The van der Waals surface area contributed by atoms with Crippen LogP contribution in [-0.2, 0) is 0 Å². The lowest BCUT2D eigenvalue weighted by atomic mass is 9.84. The Bertz CT molecular complexity index is 693. The zero-order chi connectivity index (χ0) is 24.7. The standard InChI is InChI=1S/C34H56Si/c1-5-9-17-27-25-33(31-21-15-13-19-29(27)31)35(23-11-7-3,24-12-8-4)34-26-28(18-10-6-2)30-20-14-16-22-32(30)34/h13-16,19-22,27-34H,5-12,17-18,23-26H2,1-4H3. The van der Waals surface area contributed by atoms with Crippen LogP contribution in [0.4, 0.5) is 0 Å². The van der Waals surface area contributed by atoms with Gasteiger partial charge in [-0.3, -0.25) is 0 Å². The SMILES string of the molecule is CCCCC1CC([Si](CCCC)(CCCC)C2CC(CCCC)C3C=CC=CC32)C2C=CC=CC12. The van der Waals surface area contributed by atoms with Gasteiger partial charge in [-0.25, -0.2) is 0 Å². The minimum absolute atomic E-state index is 0.835. The second kappa shape index (κ2) is 13.1. The molecule has 4 rings (SSSR count). The number of hydrogen-bond donors (Lipinski definition) is 0. The van der Waals surface area contributed by atoms with Crippen LogP contribution in [0.5, 0.6) is 0 Å². The molecule has 4 aliphatic carbocycles. The Morgan fingerprint density at radius 1 is 0.514 bits per heavy atom. The molecule has 0 aliphatic heterocycles. The van der Waals surface area contributed by atoms with Crippen LogP contribution < -0.4 is 0 Å². The van der Waals surface area contributed by atoms with Crippen molar-refractivity contribution >= 4 is 8.07 Å². The predicted octanol–water partition coefficient (Wildman–Crippen LogP) is 10.9. The van der Waals surface area contributed by atoms with Gasteiger partial charge < -0.3 is 0 Å². The zero-order valence-electron chi connectivity index (χ0n) is 23.6. The van der Waals surface area contributed by atoms with E-state index in [1.807, 2.05) is 0 Å². The van der Waals surface area contributed by atoms with Gasteiger partial charge in [-0.2, -0.15) is 0 Å². The Labute approximate surface area is 219 Å². The summed E-state index contributed by atoms with van der Waals surface area (Å²) in [6.45, 7) is 9.68. The number of unbranched alkanes of at least 4 members (excludes halogenated alkanes) is 4. The van der Waals surface area contributed by atoms with Crippen molar-refractivity contribution in [3.05, 3.63) is 48.6 Å². The molecule has 35 heavy (non-hydrogen) atoms. The van der Waals surface area contributed by atoms with Gasteiger partial charge in [-0.15, -0.1) is 0 Å². The summed E-state index contributed by atoms with van der Waals surface area (Å²) in [6, 6.07) is 3.22. The maximum Gasteiger partial charge on any atom is 0.0610 e. The first-order valence-corrected chi connectivity index (χ1v) is 18.5. The molecule has 0 radical (unpaired) electrons. The third-order valence-electron chi connectivity index (χ3n) is 10.9. The number of rotatable bonds is 14. The van der Waals surface area contributed by atoms with Crippen LogP contribution in [0.25, 0.3) is 0 Å². The summed E-state index contributed by atoms with van der Waals surface area (Å²) in [4.78, 5) is 0. The Morgan fingerprint density at radius 3 is 1.26 bits per heavy atom. The largest absolute Gasteiger partial charge is 0.0808 e. The molecule has 2 fully saturated rings. The minimum atomic E-state index is -1.52. The van der Waals surface area contributed by atoms with Gasteiger partial charge in [-0.05, 0) is 72.3 Å². The van der Waals surface area contributed by atoms with E-state index in [1.54, 1.807) is 24.9 Å². The summed E-state index contributed by atoms with van der Waals surface area (Å²) < 4.78 is 0. The van der Waals surface area contributed by atoms with Gasteiger partial charge >= 0.3 is 0 Å². The van der Waals surface area contributed by atoms with Crippen molar-refractivity contribution in [2.75, 3.05) is 0 Å². The van der Waals surface area contributed by atoms with Crippen LogP contribution in [0.15, 0.2) is 48.6 Å². The number of hydrogen-bond acceptors (Lipinski definition) is 0. The monoisotopic (exact) mass is 492 g/mol. The highest BCUT2D eigenvalue weighted by Gasteiger charge is 2.58. The molecule has 0 bridgehead atoms. The van der Waals surface area contributed by atoms with Crippen molar-refractivity contribution in [3.63, 3.8) is 0 Å². The lowest BCUT2D eigenvalue weighted by Crippen LogP contribution is -2.48. The number of allylic oxidation sites excluding steroid dienone is 8. The van der Waals surface area contributed by atoms with E-state index in [1.165, 1.54) is 64.2 Å². The molecule has 0 saturated heterocycles. The summed E-state index contributed by atoms with van der Waals surface area (Å²) in [6.07, 6.45) is 37.7. The van der Waals surface area contributed by atoms with E-state index >= 15 is 0 Å². The highest BCUT2D eigenvalue weighted by molar-refractivity contribution is 6.83. The Kier molecular flexibility index (Phi) is 10.2. The molecular weight excluding hydrogens is 436 g/mol. The van der Waals surface area contributed by atoms with Gasteiger partial charge in [-0.1, -0.05) is 140 Å². The average Bonchev–Trinajstić information content (AvgIpc) is 3.46. The van der Waals surface area contributed by atoms with Crippen molar-refractivity contribution in [2.24, 2.45) is 35.5 Å². The molecule has 2 saturated carbocycles. The first-order valence-electron chi connectivity index (χ1n) is 15.9. The van der Waals surface area contributed by atoms with Gasteiger partial charge in [0.25, 0.3) is 0 Å². The predicted molar refractivity (Wildman–Crippen MR) is 158 cm³/mol. The normalized spacial score (nSPS) is 35.5. The lowest BCUT2D eigenvalue weighted by molar-refractivity contribution is 0.382. The Morgan fingerprint density at radius 2 is 0.886 bits per heavy atom. The van der Waals surface area contributed by atoms with Crippen LogP contribution >= 0.6 is 0 Å². The fourth-order valence-corrected chi connectivity index (χ4v) is 17.3. The van der Waals surface area contributed by atoms with Crippen LogP contribution in [0, 0.1) is 35.5 Å². The van der Waals surface area contributed by atoms with Crippen molar-refractivity contribution in [3.8, 4) is 0 Å². The van der Waals surface area contributed by atoms with Crippen LogP contribution in [-0.4, -0.2) is 8.07 Å². The molecule has 0 amide bonds. The summed E-state index contributed by atoms with van der Waals surface area (Å²) in [7, 11) is -1.52. The highest BCUT2D eigenvalue weighted by Crippen LogP contribution is 2.65. The quantitative estimate of drug-likeness (QED) is 0.211. The van der Waals surface area contributed by atoms with Gasteiger partial charge in [0.15, 0.2) is 0 Å². The summed E-state index contributed by atoms with van der Waals surface area (Å²) in [5.41, 5.74) is 2.03. The van der Waals surface area contributed by atoms with E-state index in [-0.39, 0.29) is 0 Å². The van der Waals surface area contributed by atoms with Crippen LogP contribution in [0.3, 0.4) is 0 Å². The van der Waals surface area contributed by atoms with E-state index in [0.717, 1.165) is 46.6 Å². The number of fused-ring (bicyclic) bond motifs is 2. The molecule has 1 heteroatoms. The Balaban J connectivity index is 1.72. The highest BCUT2D eigenvalue weighted by atomic mass is 28.3. The molecule has 8 atom stereocenters. The molecule has 0 aromatic heterocycles. The van der Waals surface area contributed by atoms with E-state index in [2.05, 4.69) is 76.3 Å². The maximum atomic E-state index is 2.71. The molecule has 0 heterocycles. The zero-order valence-corrected chi connectivity index (χ0v) is 24.6. The average molecular weight is 493 g/mol. The van der Waals surface area contributed by atoms with Crippen molar-refractivity contribution in [1.29, 1.82) is 0 Å². The molecule has 0 aromatic rings. The van der Waals surface area contributed by atoms with Crippen LogP contribution in [0.2, 0.25) is 23.2 Å². The first-order chi connectivity index (χ1) is 17.2. The van der Waals surface area contributed by atoms with Crippen molar-refractivity contribution in [1.82, 2.24) is 0 Å². The minimum Gasteiger partial charge on any atom is -0.0808 e. The molecule has 0 nitrogen and oxygen atoms in total. The molecular formula is C34H56Si. The summed E-state index contributed by atoms with van der Waals surface area (Å²) in [5, 5.41) is 0.